The minimum atomic E-state index is -0.0765. The van der Waals surface area contributed by atoms with Gasteiger partial charge >= 0.3 is 4.87 Å². The van der Waals surface area contributed by atoms with Crippen LogP contribution in [0.5, 0.6) is 0 Å². The number of rotatable bonds is 6. The number of thiazole rings is 1. The van der Waals surface area contributed by atoms with E-state index in [4.69, 9.17) is 4.74 Å². The molecule has 1 fully saturated rings. The Bertz CT molecular complexity index is 820. The molecule has 2 aromatic heterocycles. The van der Waals surface area contributed by atoms with Crippen molar-refractivity contribution in [2.75, 3.05) is 18.0 Å². The number of nitrogens with zero attached hydrogens (tertiary/aromatic N) is 3. The smallest absolute Gasteiger partial charge is 0.307 e. The fraction of sp³-hybridized carbons (Fsp3) is 0.526. The van der Waals surface area contributed by atoms with Crippen LogP contribution in [0.4, 0.5) is 5.82 Å². The third-order valence-corrected chi connectivity index (χ3v) is 5.46. The lowest BCUT2D eigenvalue weighted by atomic mass is 10.2. The number of nitrogens with one attached hydrogen (secondary N) is 1. The quantitative estimate of drug-likeness (QED) is 0.816. The number of ether oxygens (including phenoxy) is 1. The van der Waals surface area contributed by atoms with Crippen molar-refractivity contribution in [1.82, 2.24) is 14.9 Å². The molecule has 8 heteroatoms. The number of carbonyl (C=O) groups excluding carboxylic acids is 1. The van der Waals surface area contributed by atoms with Gasteiger partial charge in [-0.3, -0.25) is 9.59 Å². The zero-order valence-corrected chi connectivity index (χ0v) is 16.8. The molecule has 7 nitrogen and oxygen atoms in total. The highest BCUT2D eigenvalue weighted by Gasteiger charge is 2.22. The van der Waals surface area contributed by atoms with Gasteiger partial charge in [0.1, 0.15) is 5.82 Å². The minimum absolute atomic E-state index is 0.0214. The molecule has 1 amide bonds. The average Bonchev–Trinajstić information content (AvgIpc) is 2.96. The van der Waals surface area contributed by atoms with Gasteiger partial charge in [-0.2, -0.15) is 0 Å². The Morgan fingerprint density at radius 2 is 2.07 bits per heavy atom. The number of aromatic nitrogens is 2. The second-order valence-electron chi connectivity index (χ2n) is 7.01. The van der Waals surface area contributed by atoms with Crippen molar-refractivity contribution in [1.29, 1.82) is 0 Å². The van der Waals surface area contributed by atoms with E-state index < -0.39 is 0 Å². The maximum absolute atomic E-state index is 12.1. The minimum Gasteiger partial charge on any atom is -0.372 e. The van der Waals surface area contributed by atoms with Crippen molar-refractivity contribution in [2.24, 2.45) is 0 Å². The van der Waals surface area contributed by atoms with Gasteiger partial charge in [0.2, 0.25) is 5.91 Å². The molecule has 146 valence electrons. The molecular formula is C19H26N4O3S. The number of morpholine rings is 1. The molecule has 1 aliphatic rings. The van der Waals surface area contributed by atoms with Crippen LogP contribution < -0.4 is 15.1 Å². The van der Waals surface area contributed by atoms with Gasteiger partial charge < -0.3 is 19.5 Å². The standard InChI is InChI=1S/C19H26N4O3S/c1-13-12-27-19(25)23(13)7-6-18(24)21-9-16-4-5-17(20-8-16)22-10-14(2)26-15(3)11-22/h4-5,8,12,14-15H,6-7,9-11H2,1-3H3,(H,21,24). The molecule has 2 atom stereocenters. The van der Waals surface area contributed by atoms with Gasteiger partial charge in [0.15, 0.2) is 0 Å². The van der Waals surface area contributed by atoms with Gasteiger partial charge in [-0.1, -0.05) is 17.4 Å². The number of aryl methyl sites for hydroxylation is 1. The van der Waals surface area contributed by atoms with Crippen LogP contribution in [0.2, 0.25) is 0 Å². The molecule has 0 aliphatic carbocycles. The summed E-state index contributed by atoms with van der Waals surface area (Å²) in [5.41, 5.74) is 1.84. The van der Waals surface area contributed by atoms with E-state index in [1.807, 2.05) is 24.4 Å². The first-order valence-corrected chi connectivity index (χ1v) is 10.1. The molecule has 27 heavy (non-hydrogen) atoms. The van der Waals surface area contributed by atoms with Crippen molar-refractivity contribution in [3.8, 4) is 0 Å². The maximum atomic E-state index is 12.1. The van der Waals surface area contributed by atoms with Crippen LogP contribution in [0, 0.1) is 6.92 Å². The summed E-state index contributed by atoms with van der Waals surface area (Å²) in [6.07, 6.45) is 2.46. The first-order valence-electron chi connectivity index (χ1n) is 9.19. The maximum Gasteiger partial charge on any atom is 0.307 e. The Hall–Kier alpha value is -2.19. The van der Waals surface area contributed by atoms with Crippen LogP contribution in [-0.2, 0) is 22.6 Å². The second kappa shape index (κ2) is 8.67. The molecule has 0 aromatic carbocycles. The zero-order chi connectivity index (χ0) is 19.4. The van der Waals surface area contributed by atoms with Crippen molar-refractivity contribution >= 4 is 23.1 Å². The molecular weight excluding hydrogens is 364 g/mol. The summed E-state index contributed by atoms with van der Waals surface area (Å²) in [5.74, 6) is 0.854. The van der Waals surface area contributed by atoms with E-state index in [-0.39, 0.29) is 29.4 Å². The largest absolute Gasteiger partial charge is 0.372 e. The lowest BCUT2D eigenvalue weighted by Gasteiger charge is -2.36. The molecule has 2 aromatic rings. The molecule has 3 heterocycles. The predicted octanol–water partition coefficient (Wildman–Crippen LogP) is 1.93. The number of hydrogen-bond donors (Lipinski definition) is 1. The van der Waals surface area contributed by atoms with E-state index >= 15 is 0 Å². The van der Waals surface area contributed by atoms with E-state index in [2.05, 4.69) is 29.0 Å². The van der Waals surface area contributed by atoms with Gasteiger partial charge in [0.05, 0.1) is 12.2 Å². The third-order valence-electron chi connectivity index (χ3n) is 4.58. The molecule has 0 bridgehead atoms. The van der Waals surface area contributed by atoms with Crippen molar-refractivity contribution in [3.63, 3.8) is 0 Å². The Labute approximate surface area is 163 Å². The summed E-state index contributed by atoms with van der Waals surface area (Å²) >= 11 is 1.16. The summed E-state index contributed by atoms with van der Waals surface area (Å²) in [4.78, 5) is 30.5. The Kier molecular flexibility index (Phi) is 6.28. The van der Waals surface area contributed by atoms with Crippen molar-refractivity contribution in [3.05, 3.63) is 44.6 Å². The monoisotopic (exact) mass is 390 g/mol. The molecule has 3 rings (SSSR count). The van der Waals surface area contributed by atoms with Crippen LogP contribution >= 0.6 is 11.3 Å². The fourth-order valence-corrected chi connectivity index (χ4v) is 4.01. The van der Waals surface area contributed by atoms with Crippen LogP contribution in [0.1, 0.15) is 31.5 Å². The number of amides is 1. The van der Waals surface area contributed by atoms with E-state index in [1.165, 1.54) is 0 Å². The van der Waals surface area contributed by atoms with Crippen LogP contribution in [-0.4, -0.2) is 40.8 Å². The van der Waals surface area contributed by atoms with Crippen molar-refractivity contribution in [2.45, 2.75) is 52.5 Å². The second-order valence-corrected chi connectivity index (χ2v) is 7.83. The Morgan fingerprint density at radius 1 is 1.33 bits per heavy atom. The molecule has 1 N–H and O–H groups in total. The number of carbonyl (C=O) groups is 1. The molecule has 1 saturated heterocycles. The summed E-state index contributed by atoms with van der Waals surface area (Å²) < 4.78 is 7.38. The number of hydrogen-bond acceptors (Lipinski definition) is 6. The summed E-state index contributed by atoms with van der Waals surface area (Å²) in [6.45, 7) is 8.50. The van der Waals surface area contributed by atoms with Crippen LogP contribution in [0.25, 0.3) is 0 Å². The fourth-order valence-electron chi connectivity index (χ4n) is 3.25. The van der Waals surface area contributed by atoms with Gasteiger partial charge in [0, 0.05) is 49.9 Å². The lowest BCUT2D eigenvalue weighted by molar-refractivity contribution is -0.121. The summed E-state index contributed by atoms with van der Waals surface area (Å²) in [5, 5.41) is 4.70. The Balaban J connectivity index is 1.48. The average molecular weight is 391 g/mol. The third kappa shape index (κ3) is 5.17. The van der Waals surface area contributed by atoms with Gasteiger partial charge in [-0.05, 0) is 32.4 Å². The predicted molar refractivity (Wildman–Crippen MR) is 106 cm³/mol. The van der Waals surface area contributed by atoms with Gasteiger partial charge in [-0.15, -0.1) is 0 Å². The highest BCUT2D eigenvalue weighted by Crippen LogP contribution is 2.18. The molecule has 1 aliphatic heterocycles. The first-order chi connectivity index (χ1) is 12.9. The summed E-state index contributed by atoms with van der Waals surface area (Å²) in [6, 6.07) is 3.97. The van der Waals surface area contributed by atoms with Crippen LogP contribution in [0.15, 0.2) is 28.5 Å². The normalized spacial score (nSPS) is 19.9. The van der Waals surface area contributed by atoms with Crippen LogP contribution in [0.3, 0.4) is 0 Å². The van der Waals surface area contributed by atoms with E-state index in [0.717, 1.165) is 41.5 Å². The highest BCUT2D eigenvalue weighted by molar-refractivity contribution is 7.07. The molecule has 0 radical (unpaired) electrons. The molecule has 0 saturated carbocycles. The number of anilines is 1. The highest BCUT2D eigenvalue weighted by atomic mass is 32.1. The molecule has 2 unspecified atom stereocenters. The SMILES string of the molecule is Cc1csc(=O)n1CCC(=O)NCc1ccc(N2CC(C)OC(C)C2)nc1. The van der Waals surface area contributed by atoms with Crippen molar-refractivity contribution < 1.29 is 9.53 Å². The Morgan fingerprint density at radius 3 is 2.67 bits per heavy atom. The van der Waals surface area contributed by atoms with Gasteiger partial charge in [0.25, 0.3) is 0 Å². The van der Waals surface area contributed by atoms with E-state index in [9.17, 15) is 9.59 Å². The molecule has 0 spiro atoms. The number of pyridine rings is 1. The zero-order valence-electron chi connectivity index (χ0n) is 16.0. The van der Waals surface area contributed by atoms with Gasteiger partial charge in [-0.25, -0.2) is 4.98 Å². The summed E-state index contributed by atoms with van der Waals surface area (Å²) in [7, 11) is 0. The van der Waals surface area contributed by atoms with E-state index in [0.29, 0.717) is 13.1 Å². The lowest BCUT2D eigenvalue weighted by Crippen LogP contribution is -2.45. The topological polar surface area (TPSA) is 76.5 Å². The first kappa shape index (κ1) is 19.6. The van der Waals surface area contributed by atoms with E-state index in [1.54, 1.807) is 10.8 Å².